The third-order valence-corrected chi connectivity index (χ3v) is 6.03. The number of carbonyl (C=O) groups excluding carboxylic acids is 2. The summed E-state index contributed by atoms with van der Waals surface area (Å²) in [5.41, 5.74) is 0.317. The molecule has 2 amide bonds. The lowest BCUT2D eigenvalue weighted by atomic mass is 10.1. The number of hydrogen-bond acceptors (Lipinski definition) is 4. The first-order valence-corrected chi connectivity index (χ1v) is 11.9. The minimum Gasteiger partial charge on any atom is -0.353 e. The lowest BCUT2D eigenvalue weighted by Gasteiger charge is -2.22. The Morgan fingerprint density at radius 3 is 2.54 bits per heavy atom. The second kappa shape index (κ2) is 12.6. The van der Waals surface area contributed by atoms with Crippen LogP contribution in [0.5, 0.6) is 0 Å². The van der Waals surface area contributed by atoms with Crippen molar-refractivity contribution >= 4 is 46.8 Å². The van der Waals surface area contributed by atoms with Gasteiger partial charge in [0.05, 0.1) is 10.6 Å². The van der Waals surface area contributed by atoms with Crippen LogP contribution < -0.4 is 10.6 Å². The fourth-order valence-corrected chi connectivity index (χ4v) is 4.20. The van der Waals surface area contributed by atoms with Crippen molar-refractivity contribution in [3.63, 3.8) is 0 Å². The van der Waals surface area contributed by atoms with Crippen LogP contribution in [0.25, 0.3) is 0 Å². The Bertz CT molecular complexity index is 652. The Morgan fingerprint density at radius 1 is 1.18 bits per heavy atom. The second-order valence-electron chi connectivity index (χ2n) is 6.98. The van der Waals surface area contributed by atoms with Gasteiger partial charge in [-0.05, 0) is 62.6 Å². The molecule has 1 aliphatic heterocycles. The van der Waals surface area contributed by atoms with E-state index in [1.165, 1.54) is 31.7 Å². The average molecular weight is 446 g/mol. The topological polar surface area (TPSA) is 61.4 Å². The van der Waals surface area contributed by atoms with E-state index in [4.69, 9.17) is 23.2 Å². The smallest absolute Gasteiger partial charge is 0.253 e. The van der Waals surface area contributed by atoms with Crippen molar-refractivity contribution in [2.24, 2.45) is 0 Å². The molecule has 1 aliphatic rings. The standard InChI is InChI=1S/C20H29Cl2N3O2S/c1-28-13-8-18(24-19(26)16-7-6-15(21)14-17(16)22)20(27)23-9-12-25-10-4-2-3-5-11-25/h6-7,14,18H,2-5,8-13H2,1H3,(H,23,27)(H,24,26). The first kappa shape index (κ1) is 23.3. The normalized spacial score (nSPS) is 16.2. The van der Waals surface area contributed by atoms with Crippen molar-refractivity contribution in [2.45, 2.75) is 38.1 Å². The number of nitrogens with zero attached hydrogens (tertiary/aromatic N) is 1. The van der Waals surface area contributed by atoms with E-state index in [-0.39, 0.29) is 16.8 Å². The number of likely N-dealkylation sites (tertiary alicyclic amines) is 1. The Labute approximate surface area is 181 Å². The molecular formula is C20H29Cl2N3O2S. The molecule has 0 bridgehead atoms. The molecular weight excluding hydrogens is 417 g/mol. The van der Waals surface area contributed by atoms with Gasteiger partial charge in [0.1, 0.15) is 6.04 Å². The van der Waals surface area contributed by atoms with E-state index >= 15 is 0 Å². The van der Waals surface area contributed by atoms with Crippen LogP contribution in [0.2, 0.25) is 10.0 Å². The molecule has 0 spiro atoms. The number of carbonyl (C=O) groups is 2. The summed E-state index contributed by atoms with van der Waals surface area (Å²) in [4.78, 5) is 27.6. The molecule has 1 unspecified atom stereocenters. The maximum atomic E-state index is 12.7. The highest BCUT2D eigenvalue weighted by Crippen LogP contribution is 2.21. The van der Waals surface area contributed by atoms with E-state index in [1.807, 2.05) is 6.26 Å². The minimum absolute atomic E-state index is 0.151. The Kier molecular flexibility index (Phi) is 10.5. The molecule has 156 valence electrons. The van der Waals surface area contributed by atoms with E-state index in [1.54, 1.807) is 23.9 Å². The Morgan fingerprint density at radius 2 is 1.89 bits per heavy atom. The van der Waals surface area contributed by atoms with Gasteiger partial charge in [0.15, 0.2) is 0 Å². The molecule has 1 aromatic carbocycles. The van der Waals surface area contributed by atoms with Crippen molar-refractivity contribution in [3.05, 3.63) is 33.8 Å². The maximum absolute atomic E-state index is 12.7. The first-order valence-electron chi connectivity index (χ1n) is 9.76. The van der Waals surface area contributed by atoms with Gasteiger partial charge in [0, 0.05) is 18.1 Å². The Hall–Kier alpha value is -0.950. The molecule has 0 aromatic heterocycles. The summed E-state index contributed by atoms with van der Waals surface area (Å²) in [5.74, 6) is 0.261. The molecule has 1 atom stereocenters. The minimum atomic E-state index is -0.587. The molecule has 1 heterocycles. The predicted octanol–water partition coefficient (Wildman–Crippen LogP) is 3.84. The Balaban J connectivity index is 1.89. The van der Waals surface area contributed by atoms with Gasteiger partial charge in [-0.1, -0.05) is 36.0 Å². The number of nitrogens with one attached hydrogen (secondary N) is 2. The van der Waals surface area contributed by atoms with Crippen molar-refractivity contribution < 1.29 is 9.59 Å². The third kappa shape index (κ3) is 7.82. The number of thioether (sulfide) groups is 1. The van der Waals surface area contributed by atoms with Crippen LogP contribution in [-0.2, 0) is 4.79 Å². The lowest BCUT2D eigenvalue weighted by molar-refractivity contribution is -0.123. The van der Waals surface area contributed by atoms with E-state index in [0.717, 1.165) is 25.4 Å². The molecule has 1 aromatic rings. The van der Waals surface area contributed by atoms with Gasteiger partial charge in [0.25, 0.3) is 5.91 Å². The SMILES string of the molecule is CSCCC(NC(=O)c1ccc(Cl)cc1Cl)C(=O)NCCN1CCCCCC1. The first-order chi connectivity index (χ1) is 13.5. The van der Waals surface area contributed by atoms with E-state index in [2.05, 4.69) is 15.5 Å². The quantitative estimate of drug-likeness (QED) is 0.605. The number of hydrogen-bond donors (Lipinski definition) is 2. The van der Waals surface area contributed by atoms with Crippen LogP contribution in [0.15, 0.2) is 18.2 Å². The number of amides is 2. The molecule has 0 radical (unpaired) electrons. The van der Waals surface area contributed by atoms with E-state index in [9.17, 15) is 9.59 Å². The van der Waals surface area contributed by atoms with Gasteiger partial charge in [-0.15, -0.1) is 0 Å². The molecule has 0 aliphatic carbocycles. The molecule has 1 saturated heterocycles. The van der Waals surface area contributed by atoms with Crippen LogP contribution >= 0.6 is 35.0 Å². The number of rotatable bonds is 9. The number of benzene rings is 1. The summed E-state index contributed by atoms with van der Waals surface area (Å²) in [7, 11) is 0. The fourth-order valence-electron chi connectivity index (χ4n) is 3.23. The van der Waals surface area contributed by atoms with Crippen LogP contribution in [0, 0.1) is 0 Å². The second-order valence-corrected chi connectivity index (χ2v) is 8.81. The number of halogens is 2. The zero-order valence-electron chi connectivity index (χ0n) is 16.3. The molecule has 2 N–H and O–H groups in total. The summed E-state index contributed by atoms with van der Waals surface area (Å²) in [5, 5.41) is 6.54. The molecule has 5 nitrogen and oxygen atoms in total. The molecule has 28 heavy (non-hydrogen) atoms. The summed E-state index contributed by atoms with van der Waals surface area (Å²) >= 11 is 13.7. The molecule has 1 fully saturated rings. The maximum Gasteiger partial charge on any atom is 0.253 e. The molecule has 0 saturated carbocycles. The monoisotopic (exact) mass is 445 g/mol. The van der Waals surface area contributed by atoms with E-state index < -0.39 is 6.04 Å². The molecule has 8 heteroatoms. The van der Waals surface area contributed by atoms with Gasteiger partial charge >= 0.3 is 0 Å². The van der Waals surface area contributed by atoms with Gasteiger partial charge in [-0.2, -0.15) is 11.8 Å². The van der Waals surface area contributed by atoms with Crippen LogP contribution in [0.4, 0.5) is 0 Å². The zero-order chi connectivity index (χ0) is 20.4. The average Bonchev–Trinajstić information content (AvgIpc) is 2.93. The van der Waals surface area contributed by atoms with Crippen molar-refractivity contribution in [1.29, 1.82) is 0 Å². The van der Waals surface area contributed by atoms with Gasteiger partial charge in [-0.25, -0.2) is 0 Å². The largest absolute Gasteiger partial charge is 0.353 e. The summed E-state index contributed by atoms with van der Waals surface area (Å²) in [6.07, 6.45) is 7.57. The summed E-state index contributed by atoms with van der Waals surface area (Å²) in [6.45, 7) is 3.62. The zero-order valence-corrected chi connectivity index (χ0v) is 18.6. The lowest BCUT2D eigenvalue weighted by Crippen LogP contribution is -2.48. The van der Waals surface area contributed by atoms with Crippen molar-refractivity contribution in [2.75, 3.05) is 38.2 Å². The van der Waals surface area contributed by atoms with E-state index in [0.29, 0.717) is 23.6 Å². The van der Waals surface area contributed by atoms with Crippen molar-refractivity contribution in [1.82, 2.24) is 15.5 Å². The van der Waals surface area contributed by atoms with Crippen molar-refractivity contribution in [3.8, 4) is 0 Å². The summed E-state index contributed by atoms with van der Waals surface area (Å²) in [6, 6.07) is 4.12. The van der Waals surface area contributed by atoms with Gasteiger partial charge in [-0.3, -0.25) is 9.59 Å². The predicted molar refractivity (Wildman–Crippen MR) is 119 cm³/mol. The van der Waals surface area contributed by atoms with Crippen LogP contribution in [0.3, 0.4) is 0 Å². The highest BCUT2D eigenvalue weighted by Gasteiger charge is 2.22. The fraction of sp³-hybridized carbons (Fsp3) is 0.600. The van der Waals surface area contributed by atoms with Gasteiger partial charge < -0.3 is 15.5 Å². The third-order valence-electron chi connectivity index (χ3n) is 4.83. The highest BCUT2D eigenvalue weighted by molar-refractivity contribution is 7.98. The summed E-state index contributed by atoms with van der Waals surface area (Å²) < 4.78 is 0. The van der Waals surface area contributed by atoms with Crippen LogP contribution in [-0.4, -0.2) is 60.9 Å². The molecule has 2 rings (SSSR count). The van der Waals surface area contributed by atoms with Gasteiger partial charge in [0.2, 0.25) is 5.91 Å². The van der Waals surface area contributed by atoms with Crippen LogP contribution in [0.1, 0.15) is 42.5 Å². The highest BCUT2D eigenvalue weighted by atomic mass is 35.5.